The Bertz CT molecular complexity index is 1640. The minimum Gasteiger partial charge on any atom is -0.508 e. The average Bonchev–Trinajstić information content (AvgIpc) is 3.68. The second-order valence-corrected chi connectivity index (χ2v) is 15.4. The van der Waals surface area contributed by atoms with Crippen molar-refractivity contribution in [1.29, 1.82) is 5.26 Å². The van der Waals surface area contributed by atoms with Crippen molar-refractivity contribution in [2.45, 2.75) is 128 Å². The number of nitrogens with zero attached hydrogens (tertiary/aromatic N) is 4. The first-order chi connectivity index (χ1) is 27.9. The average molecular weight is 828 g/mol. The normalized spacial score (nSPS) is 17.2. The maximum atomic E-state index is 14.2. The fraction of sp³-hybridized carbons (Fsp3) is 0.641. The number of aliphatic imine (C=N–C) groups is 2. The van der Waals surface area contributed by atoms with Crippen LogP contribution in [-0.2, 0) is 30.4 Å². The first-order valence-corrected chi connectivity index (χ1v) is 20.1. The molecular formula is C39H65N13O7. The number of rotatable bonds is 25. The molecule has 1 aromatic carbocycles. The largest absolute Gasteiger partial charge is 0.508 e. The van der Waals surface area contributed by atoms with E-state index in [0.29, 0.717) is 31.2 Å². The quantitative estimate of drug-likeness (QED) is 0.0315. The Hall–Kier alpha value is -5.68. The van der Waals surface area contributed by atoms with Crippen molar-refractivity contribution < 1.29 is 34.2 Å². The Labute approximate surface area is 346 Å². The zero-order valence-electron chi connectivity index (χ0n) is 34.6. The lowest BCUT2D eigenvalue weighted by Gasteiger charge is -2.33. The second-order valence-electron chi connectivity index (χ2n) is 15.4. The maximum Gasteiger partial charge on any atom is 0.326 e. The lowest BCUT2D eigenvalue weighted by Crippen LogP contribution is -2.61. The van der Waals surface area contributed by atoms with Crippen LogP contribution in [0, 0.1) is 23.2 Å². The van der Waals surface area contributed by atoms with E-state index in [9.17, 15) is 39.4 Å². The van der Waals surface area contributed by atoms with Crippen molar-refractivity contribution in [3.8, 4) is 11.8 Å². The Balaban J connectivity index is 2.40. The van der Waals surface area contributed by atoms with Crippen LogP contribution in [-0.4, -0.2) is 119 Å². The third-order valence-electron chi connectivity index (χ3n) is 10.1. The number of phenols is 1. The highest BCUT2D eigenvalue weighted by atomic mass is 16.4. The number of benzene rings is 1. The van der Waals surface area contributed by atoms with Gasteiger partial charge in [-0.1, -0.05) is 46.2 Å². The summed E-state index contributed by atoms with van der Waals surface area (Å²) in [6, 6.07) is 1.07. The van der Waals surface area contributed by atoms with Crippen LogP contribution in [0.3, 0.4) is 0 Å². The molecule has 4 amide bonds. The molecule has 0 unspecified atom stereocenters. The van der Waals surface area contributed by atoms with E-state index in [4.69, 9.17) is 28.7 Å². The fourth-order valence-corrected chi connectivity index (χ4v) is 6.74. The molecule has 0 aromatic heterocycles. The number of hydrogen-bond acceptors (Lipinski definition) is 11. The third kappa shape index (κ3) is 17.0. The van der Waals surface area contributed by atoms with Crippen LogP contribution in [0.4, 0.5) is 0 Å². The SMILES string of the molecule is CC[C@H](C)[C@H](N[C@@H](C#N)[C@H](Cc1ccc(O)cc1)NC(=O)[C@@H]1CCCN1C(=O)[C@H](CCCN=C(N)N)NC(=O)[C@@H](N)CCCN=C(N)N)C(=O)N[C@@H](CC(C)C)C(=O)O. The molecule has 328 valence electrons. The van der Waals surface area contributed by atoms with Gasteiger partial charge in [-0.25, -0.2) is 4.79 Å². The van der Waals surface area contributed by atoms with E-state index in [1.54, 1.807) is 19.1 Å². The van der Waals surface area contributed by atoms with Gasteiger partial charge < -0.3 is 59.7 Å². The monoisotopic (exact) mass is 828 g/mol. The molecule has 1 heterocycles. The highest BCUT2D eigenvalue weighted by molar-refractivity contribution is 5.93. The Kier molecular flexibility index (Phi) is 20.9. The number of aliphatic carboxylic acids is 1. The summed E-state index contributed by atoms with van der Waals surface area (Å²) in [6.07, 6.45) is 2.65. The van der Waals surface area contributed by atoms with Gasteiger partial charge in [0.2, 0.25) is 23.6 Å². The summed E-state index contributed by atoms with van der Waals surface area (Å²) in [5.74, 6) is -4.01. The van der Waals surface area contributed by atoms with E-state index in [1.165, 1.54) is 17.0 Å². The number of carboxylic acids is 1. The molecule has 1 saturated heterocycles. The van der Waals surface area contributed by atoms with Crippen LogP contribution >= 0.6 is 0 Å². The summed E-state index contributed by atoms with van der Waals surface area (Å²) in [6.45, 7) is 8.00. The standard InChI is InChI=1S/C39H65N13O7/c1-5-23(4)32(35(56)51-29(37(58)59)19-22(2)3)48-30(21-40)28(20-24-12-14-25(53)15-13-24)50-34(55)31-11-8-18-52(31)36(57)27(10-7-17-47-39(44)45)49-33(54)26(41)9-6-16-46-38(42)43/h12-15,22-23,26-32,48,53H,5-11,16-20,41H2,1-4H3,(H,49,54)(H,50,55)(H,51,56)(H,58,59)(H4,42,43,46)(H4,44,45,47)/t23-,26-,27-,28-,29-,30-,31-,32-/m0/s1. The Morgan fingerprint density at radius 1 is 0.915 bits per heavy atom. The molecule has 16 N–H and O–H groups in total. The van der Waals surface area contributed by atoms with Crippen molar-refractivity contribution in [1.82, 2.24) is 26.2 Å². The number of aromatic hydroxyl groups is 1. The van der Waals surface area contributed by atoms with Gasteiger partial charge in [-0.05, 0) is 80.9 Å². The molecule has 0 radical (unpaired) electrons. The molecule has 0 bridgehead atoms. The van der Waals surface area contributed by atoms with Gasteiger partial charge in [0.25, 0.3) is 0 Å². The van der Waals surface area contributed by atoms with Crippen LogP contribution in [0.15, 0.2) is 34.3 Å². The zero-order chi connectivity index (χ0) is 44.2. The van der Waals surface area contributed by atoms with E-state index >= 15 is 0 Å². The highest BCUT2D eigenvalue weighted by Crippen LogP contribution is 2.22. The summed E-state index contributed by atoms with van der Waals surface area (Å²) >= 11 is 0. The van der Waals surface area contributed by atoms with Gasteiger partial charge in [-0.15, -0.1) is 0 Å². The molecular weight excluding hydrogens is 763 g/mol. The number of phenolic OH excluding ortho intramolecular Hbond substituents is 1. The van der Waals surface area contributed by atoms with E-state index < -0.39 is 71.9 Å². The Morgan fingerprint density at radius 2 is 1.51 bits per heavy atom. The number of carbonyl (C=O) groups is 5. The first-order valence-electron chi connectivity index (χ1n) is 20.1. The number of hydrogen-bond donors (Lipinski definition) is 11. The number of nitriles is 1. The van der Waals surface area contributed by atoms with E-state index in [1.807, 2.05) is 20.8 Å². The molecule has 1 aliphatic rings. The minimum atomic E-state index is -1.18. The van der Waals surface area contributed by atoms with Gasteiger partial charge in [0, 0.05) is 19.6 Å². The summed E-state index contributed by atoms with van der Waals surface area (Å²) in [5, 5.41) is 41.7. The smallest absolute Gasteiger partial charge is 0.326 e. The van der Waals surface area contributed by atoms with Gasteiger partial charge in [0.15, 0.2) is 11.9 Å². The number of carbonyl (C=O) groups excluding carboxylic acids is 4. The maximum absolute atomic E-state index is 14.2. The summed E-state index contributed by atoms with van der Waals surface area (Å²) in [5.41, 5.74) is 28.5. The van der Waals surface area contributed by atoms with Crippen LogP contribution in [0.1, 0.15) is 84.6 Å². The van der Waals surface area contributed by atoms with Crippen LogP contribution in [0.5, 0.6) is 5.75 Å². The first kappa shape index (κ1) is 49.5. The van der Waals surface area contributed by atoms with Crippen LogP contribution < -0.4 is 49.9 Å². The second kappa shape index (κ2) is 24.9. The van der Waals surface area contributed by atoms with Crippen LogP contribution in [0.25, 0.3) is 0 Å². The predicted molar refractivity (Wildman–Crippen MR) is 223 cm³/mol. The lowest BCUT2D eigenvalue weighted by molar-refractivity contribution is -0.143. The van der Waals surface area contributed by atoms with Crippen molar-refractivity contribution in [2.75, 3.05) is 19.6 Å². The molecule has 1 aliphatic heterocycles. The summed E-state index contributed by atoms with van der Waals surface area (Å²) in [7, 11) is 0. The van der Waals surface area contributed by atoms with Crippen molar-refractivity contribution in [3.63, 3.8) is 0 Å². The molecule has 0 spiro atoms. The molecule has 0 aliphatic carbocycles. The van der Waals surface area contributed by atoms with Crippen molar-refractivity contribution in [3.05, 3.63) is 29.8 Å². The van der Waals surface area contributed by atoms with Gasteiger partial charge in [-0.3, -0.25) is 34.5 Å². The third-order valence-corrected chi connectivity index (χ3v) is 10.1. The topological polar surface area (TPSA) is 356 Å². The van der Waals surface area contributed by atoms with Gasteiger partial charge in [0.1, 0.15) is 29.9 Å². The number of guanidine groups is 2. The molecule has 1 aromatic rings. The van der Waals surface area contributed by atoms with E-state index in [2.05, 4.69) is 37.3 Å². The number of likely N-dealkylation sites (tertiary alicyclic amines) is 1. The van der Waals surface area contributed by atoms with Crippen LogP contribution in [0.2, 0.25) is 0 Å². The van der Waals surface area contributed by atoms with Crippen molar-refractivity contribution >= 4 is 41.5 Å². The van der Waals surface area contributed by atoms with Gasteiger partial charge in [-0.2, -0.15) is 5.26 Å². The molecule has 20 nitrogen and oxygen atoms in total. The van der Waals surface area contributed by atoms with Gasteiger partial charge in [0.05, 0.1) is 24.2 Å². The summed E-state index contributed by atoms with van der Waals surface area (Å²) < 4.78 is 0. The molecule has 0 saturated carbocycles. The predicted octanol–water partition coefficient (Wildman–Crippen LogP) is -1.16. The van der Waals surface area contributed by atoms with E-state index in [0.717, 1.165) is 0 Å². The molecule has 20 heteroatoms. The number of carboxylic acid groups (broad SMARTS) is 1. The molecule has 8 atom stereocenters. The number of nitrogens with two attached hydrogens (primary N) is 5. The van der Waals surface area contributed by atoms with E-state index in [-0.39, 0.29) is 81.2 Å². The Morgan fingerprint density at radius 3 is 2.05 bits per heavy atom. The zero-order valence-corrected chi connectivity index (χ0v) is 34.6. The molecule has 2 rings (SSSR count). The number of amides is 4. The minimum absolute atomic E-state index is 0.0131. The van der Waals surface area contributed by atoms with Crippen molar-refractivity contribution in [2.24, 2.45) is 50.5 Å². The fourth-order valence-electron chi connectivity index (χ4n) is 6.74. The lowest BCUT2D eigenvalue weighted by atomic mass is 9.93. The summed E-state index contributed by atoms with van der Waals surface area (Å²) in [4.78, 5) is 76.6. The molecule has 1 fully saturated rings. The molecule has 59 heavy (non-hydrogen) atoms. The highest BCUT2D eigenvalue weighted by Gasteiger charge is 2.40. The number of nitrogens with one attached hydrogen (secondary N) is 4. The van der Waals surface area contributed by atoms with Gasteiger partial charge >= 0.3 is 5.97 Å².